The molecule has 0 aromatic carbocycles. The van der Waals surface area contributed by atoms with E-state index in [9.17, 15) is 13.2 Å². The summed E-state index contributed by atoms with van der Waals surface area (Å²) in [6.45, 7) is 1.75. The van der Waals surface area contributed by atoms with E-state index < -0.39 is 16.5 Å². The van der Waals surface area contributed by atoms with Crippen molar-refractivity contribution in [2.75, 3.05) is 5.75 Å². The van der Waals surface area contributed by atoms with Gasteiger partial charge in [-0.1, -0.05) is 11.6 Å². The van der Waals surface area contributed by atoms with Crippen LogP contribution < -0.4 is 0 Å². The van der Waals surface area contributed by atoms with Crippen LogP contribution in [0.2, 0.25) is 5.02 Å². The first-order valence-electron chi connectivity index (χ1n) is 5.24. The number of hydrogen-bond donors (Lipinski definition) is 2. The Bertz CT molecular complexity index is 622. The highest BCUT2D eigenvalue weighted by Gasteiger charge is 2.33. The van der Waals surface area contributed by atoms with Crippen molar-refractivity contribution >= 4 is 42.5 Å². The molecule has 0 fully saturated rings. The number of aromatic nitrogens is 2. The molecule has 2 heterocycles. The van der Waals surface area contributed by atoms with Crippen molar-refractivity contribution in [3.05, 3.63) is 34.7 Å². The maximum absolute atomic E-state index is 12.8. The van der Waals surface area contributed by atoms with Gasteiger partial charge in [-0.05, 0) is 13.0 Å². The predicted octanol–water partition coefficient (Wildman–Crippen LogP) is 4.08. The molecule has 0 amide bonds. The van der Waals surface area contributed by atoms with Gasteiger partial charge in [0.15, 0.2) is 5.65 Å². The van der Waals surface area contributed by atoms with E-state index in [1.807, 2.05) is 0 Å². The summed E-state index contributed by atoms with van der Waals surface area (Å²) in [7, 11) is 0. The Labute approximate surface area is 123 Å². The molecule has 1 unspecified atom stereocenters. The van der Waals surface area contributed by atoms with Gasteiger partial charge in [-0.2, -0.15) is 38.4 Å². The largest absolute Gasteiger partial charge is 0.417 e. The fraction of sp³-hybridized carbons (Fsp3) is 0.364. The lowest BCUT2D eigenvalue weighted by atomic mass is 10.1. The Morgan fingerprint density at radius 1 is 1.42 bits per heavy atom. The van der Waals surface area contributed by atoms with E-state index >= 15 is 0 Å². The first-order chi connectivity index (χ1) is 8.66. The Balaban J connectivity index is 2.74. The molecule has 2 rings (SSSR count). The van der Waals surface area contributed by atoms with Crippen molar-refractivity contribution in [3.8, 4) is 0 Å². The molecule has 0 aliphatic carbocycles. The summed E-state index contributed by atoms with van der Waals surface area (Å²) in [5.41, 5.74) is -0.0481. The topological polar surface area (TPSA) is 17.3 Å². The van der Waals surface area contributed by atoms with Crippen molar-refractivity contribution < 1.29 is 13.2 Å². The van der Waals surface area contributed by atoms with Crippen molar-refractivity contribution in [2.45, 2.75) is 17.8 Å². The summed E-state index contributed by atoms with van der Waals surface area (Å²) in [5, 5.41) is -0.0515. The minimum Gasteiger partial charge on any atom is -0.301 e. The zero-order chi connectivity index (χ0) is 14.4. The molecule has 0 bridgehead atoms. The van der Waals surface area contributed by atoms with Crippen LogP contribution in [0.15, 0.2) is 18.5 Å². The summed E-state index contributed by atoms with van der Waals surface area (Å²) in [6.07, 6.45) is -2.03. The van der Waals surface area contributed by atoms with Gasteiger partial charge in [0, 0.05) is 11.9 Å². The first kappa shape index (κ1) is 14.9. The highest BCUT2D eigenvalue weighted by Crippen LogP contribution is 2.35. The first-order valence-corrected chi connectivity index (χ1v) is 6.70. The lowest BCUT2D eigenvalue weighted by Crippen LogP contribution is -2.19. The van der Waals surface area contributed by atoms with E-state index in [4.69, 9.17) is 11.6 Å². The molecule has 104 valence electrons. The molecule has 0 spiro atoms. The molecule has 1 atom stereocenters. The molecule has 2 nitrogen and oxygen atoms in total. The fourth-order valence-corrected chi connectivity index (χ4v) is 2.27. The number of thiol groups is 2. The van der Waals surface area contributed by atoms with Crippen LogP contribution in [0, 0.1) is 0 Å². The van der Waals surface area contributed by atoms with Gasteiger partial charge in [0.1, 0.15) is 0 Å². The summed E-state index contributed by atoms with van der Waals surface area (Å²) >= 11 is 14.4. The monoisotopic (exact) mass is 326 g/mol. The van der Waals surface area contributed by atoms with Gasteiger partial charge in [-0.15, -0.1) is 0 Å². The Morgan fingerprint density at radius 2 is 2.05 bits per heavy atom. The van der Waals surface area contributed by atoms with Crippen molar-refractivity contribution in [1.82, 2.24) is 9.38 Å². The van der Waals surface area contributed by atoms with Gasteiger partial charge >= 0.3 is 6.18 Å². The number of fused-ring (bicyclic) bond motifs is 1. The average Bonchev–Trinajstić information content (AvgIpc) is 2.72. The predicted molar refractivity (Wildman–Crippen MR) is 75.4 cm³/mol. The number of pyridine rings is 1. The Kier molecular flexibility index (Phi) is 3.75. The van der Waals surface area contributed by atoms with Crippen LogP contribution in [0.5, 0.6) is 0 Å². The molecule has 2 aromatic heterocycles. The summed E-state index contributed by atoms with van der Waals surface area (Å²) in [6, 6.07) is 0.865. The van der Waals surface area contributed by atoms with Gasteiger partial charge in [0.2, 0.25) is 0 Å². The van der Waals surface area contributed by atoms with Gasteiger partial charge in [-0.25, -0.2) is 4.98 Å². The zero-order valence-corrected chi connectivity index (χ0v) is 12.3. The zero-order valence-electron chi connectivity index (χ0n) is 9.74. The standard InChI is InChI=1S/C11H10ClF3N2S2/c1-10(19,5-18)8-3-16-9-7(12)2-6(4-17(8)9)11(13,14)15/h2-4,18-19H,5H2,1H3. The molecular weight excluding hydrogens is 317 g/mol. The minimum atomic E-state index is -4.46. The second-order valence-electron chi connectivity index (χ2n) is 4.34. The van der Waals surface area contributed by atoms with Crippen molar-refractivity contribution in [3.63, 3.8) is 0 Å². The lowest BCUT2D eigenvalue weighted by molar-refractivity contribution is -0.137. The highest BCUT2D eigenvalue weighted by molar-refractivity contribution is 7.85. The molecular formula is C11H10ClF3N2S2. The maximum Gasteiger partial charge on any atom is 0.417 e. The van der Waals surface area contributed by atoms with Gasteiger partial charge in [0.25, 0.3) is 0 Å². The molecule has 8 heteroatoms. The summed E-state index contributed by atoms with van der Waals surface area (Å²) in [5.74, 6) is 0.345. The van der Waals surface area contributed by atoms with Gasteiger partial charge < -0.3 is 4.40 Å². The van der Waals surface area contributed by atoms with Crippen LogP contribution in [0.4, 0.5) is 13.2 Å². The third-order valence-corrected chi connectivity index (χ3v) is 4.30. The third kappa shape index (κ3) is 2.68. The molecule has 0 saturated carbocycles. The number of alkyl halides is 3. The van der Waals surface area contributed by atoms with Crippen molar-refractivity contribution in [2.24, 2.45) is 0 Å². The number of hydrogen-bond acceptors (Lipinski definition) is 3. The normalized spacial score (nSPS) is 15.7. The second kappa shape index (κ2) is 4.79. The smallest absolute Gasteiger partial charge is 0.301 e. The van der Waals surface area contributed by atoms with Gasteiger partial charge in [0.05, 0.1) is 27.2 Å². The van der Waals surface area contributed by atoms with Crippen LogP contribution in [-0.4, -0.2) is 15.1 Å². The van der Waals surface area contributed by atoms with E-state index in [0.29, 0.717) is 11.4 Å². The van der Waals surface area contributed by atoms with E-state index in [1.165, 1.54) is 10.6 Å². The van der Waals surface area contributed by atoms with Crippen LogP contribution in [0.3, 0.4) is 0 Å². The number of nitrogens with zero attached hydrogens (tertiary/aromatic N) is 2. The Hall–Kier alpha value is -0.530. The molecule has 0 N–H and O–H groups in total. The molecule has 0 aliphatic heterocycles. The van der Waals surface area contributed by atoms with Crippen LogP contribution in [0.25, 0.3) is 5.65 Å². The van der Waals surface area contributed by atoms with Crippen molar-refractivity contribution in [1.29, 1.82) is 0 Å². The highest BCUT2D eigenvalue weighted by atomic mass is 35.5. The number of imidazole rings is 1. The third-order valence-electron chi connectivity index (χ3n) is 2.75. The van der Waals surface area contributed by atoms with Crippen LogP contribution >= 0.6 is 36.9 Å². The van der Waals surface area contributed by atoms with E-state index in [-0.39, 0.29) is 10.7 Å². The van der Waals surface area contributed by atoms with Crippen LogP contribution in [0.1, 0.15) is 18.2 Å². The molecule has 0 radical (unpaired) electrons. The summed E-state index contributed by atoms with van der Waals surface area (Å²) < 4.78 is 39.0. The second-order valence-corrected chi connectivity index (χ2v) is 6.05. The SMILES string of the molecule is CC(S)(CS)c1cnc2c(Cl)cc(C(F)(F)F)cn12. The van der Waals surface area contributed by atoms with E-state index in [1.54, 1.807) is 6.92 Å². The summed E-state index contributed by atoms with van der Waals surface area (Å²) in [4.78, 5) is 4.04. The van der Waals surface area contributed by atoms with E-state index in [2.05, 4.69) is 30.2 Å². The van der Waals surface area contributed by atoms with Gasteiger partial charge in [-0.3, -0.25) is 0 Å². The number of halogens is 4. The molecule has 2 aromatic rings. The fourth-order valence-electron chi connectivity index (χ4n) is 1.68. The molecule has 0 aliphatic rings. The van der Waals surface area contributed by atoms with E-state index in [0.717, 1.165) is 12.3 Å². The Morgan fingerprint density at radius 3 is 2.58 bits per heavy atom. The average molecular weight is 327 g/mol. The maximum atomic E-state index is 12.8. The minimum absolute atomic E-state index is 0.0515. The lowest BCUT2D eigenvalue weighted by Gasteiger charge is -2.21. The van der Waals surface area contributed by atoms with Crippen LogP contribution in [-0.2, 0) is 10.9 Å². The molecule has 19 heavy (non-hydrogen) atoms. The number of rotatable bonds is 2. The molecule has 0 saturated heterocycles. The quantitative estimate of drug-likeness (QED) is 0.795.